The topological polar surface area (TPSA) is 66.9 Å². The average molecular weight is 403 g/mol. The molecule has 0 bridgehead atoms. The fourth-order valence-corrected chi connectivity index (χ4v) is 2.16. The summed E-state index contributed by atoms with van der Waals surface area (Å²) < 4.78 is 70.4. The number of nitrogens with zero attached hydrogens (tertiary/aromatic N) is 1. The van der Waals surface area contributed by atoms with Gasteiger partial charge < -0.3 is 18.9 Å². The molecular weight excluding hydrogens is 386 g/mol. The highest BCUT2D eigenvalue weighted by molar-refractivity contribution is 5.92. The predicted molar refractivity (Wildman–Crippen MR) is 89.5 cm³/mol. The van der Waals surface area contributed by atoms with Crippen molar-refractivity contribution in [2.75, 3.05) is 14.2 Å². The number of aromatic nitrogens is 1. The molecule has 6 nitrogen and oxygen atoms in total. The first-order chi connectivity index (χ1) is 12.9. The number of halogens is 4. The fraction of sp³-hybridized carbons (Fsp3) is 0.333. The van der Waals surface area contributed by atoms with Crippen LogP contribution in [0.2, 0.25) is 0 Å². The Balaban J connectivity index is 2.46. The third kappa shape index (κ3) is 5.24. The number of hydrogen-bond donors (Lipinski definition) is 0. The van der Waals surface area contributed by atoms with Crippen molar-refractivity contribution in [3.05, 3.63) is 41.7 Å². The van der Waals surface area contributed by atoms with Crippen molar-refractivity contribution in [3.63, 3.8) is 0 Å². The minimum atomic E-state index is -4.88. The molecule has 0 saturated heterocycles. The highest BCUT2D eigenvalue weighted by Crippen LogP contribution is 2.38. The minimum absolute atomic E-state index is 0.0221. The molecular formula is C18H17F4NO5. The van der Waals surface area contributed by atoms with Crippen LogP contribution in [-0.2, 0) is 10.4 Å². The molecule has 0 aliphatic carbocycles. The Morgan fingerprint density at radius 3 is 2.21 bits per heavy atom. The number of methoxy groups -OCH3 is 2. The quantitative estimate of drug-likeness (QED) is 0.511. The molecule has 28 heavy (non-hydrogen) atoms. The lowest BCUT2D eigenvalue weighted by Gasteiger charge is -2.18. The number of esters is 1. The third-order valence-corrected chi connectivity index (χ3v) is 3.47. The van der Waals surface area contributed by atoms with Gasteiger partial charge in [0.05, 0.1) is 19.9 Å². The molecule has 1 heterocycles. The number of ether oxygens (including phenoxy) is 4. The Labute approximate surface area is 158 Å². The number of alkyl halides is 4. The largest absolute Gasteiger partial charge is 0.573 e. The minimum Gasteiger partial charge on any atom is -0.493 e. The Kier molecular flexibility index (Phi) is 6.01. The Morgan fingerprint density at radius 1 is 1.00 bits per heavy atom. The molecule has 0 fully saturated rings. The number of benzene rings is 1. The van der Waals surface area contributed by atoms with Gasteiger partial charge in [-0.3, -0.25) is 4.98 Å². The van der Waals surface area contributed by atoms with Crippen LogP contribution in [0.3, 0.4) is 0 Å². The molecule has 0 saturated carbocycles. The van der Waals surface area contributed by atoms with Crippen molar-refractivity contribution in [2.45, 2.75) is 25.9 Å². The summed E-state index contributed by atoms with van der Waals surface area (Å²) in [6, 6.07) is 4.32. The maximum Gasteiger partial charge on any atom is 0.573 e. The first-order valence-corrected chi connectivity index (χ1v) is 7.84. The van der Waals surface area contributed by atoms with E-state index >= 15 is 0 Å². The van der Waals surface area contributed by atoms with Crippen LogP contribution in [0.5, 0.6) is 23.0 Å². The summed E-state index contributed by atoms with van der Waals surface area (Å²) in [5.74, 6) is -1.55. The Morgan fingerprint density at radius 2 is 1.68 bits per heavy atom. The van der Waals surface area contributed by atoms with Crippen LogP contribution >= 0.6 is 0 Å². The van der Waals surface area contributed by atoms with E-state index in [2.05, 4.69) is 14.5 Å². The van der Waals surface area contributed by atoms with Gasteiger partial charge in [0, 0.05) is 18.3 Å². The van der Waals surface area contributed by atoms with Gasteiger partial charge in [-0.15, -0.1) is 13.2 Å². The maximum atomic E-state index is 14.2. The predicted octanol–water partition coefficient (Wildman–Crippen LogP) is 4.77. The van der Waals surface area contributed by atoms with E-state index < -0.39 is 23.7 Å². The SMILES string of the molecule is COC(=O)c1cnc(C(C)(C)F)cc1Oc1ccc(OC(F)(F)F)cc1OC. The zero-order chi connectivity index (χ0) is 21.1. The van der Waals surface area contributed by atoms with Crippen LogP contribution < -0.4 is 14.2 Å². The van der Waals surface area contributed by atoms with Crippen molar-refractivity contribution in [3.8, 4) is 23.0 Å². The van der Waals surface area contributed by atoms with Crippen LogP contribution in [0.1, 0.15) is 29.9 Å². The van der Waals surface area contributed by atoms with Gasteiger partial charge in [-0.05, 0) is 26.0 Å². The van der Waals surface area contributed by atoms with Crippen molar-refractivity contribution in [1.29, 1.82) is 0 Å². The van der Waals surface area contributed by atoms with Crippen LogP contribution in [0, 0.1) is 0 Å². The standard InChI is InChI=1S/C18H17F4NO5/c1-17(2,19)15-8-13(11(9-23-15)16(24)26-4)27-12-6-5-10(7-14(12)25-3)28-18(20,21)22/h5-9H,1-4H3. The summed E-state index contributed by atoms with van der Waals surface area (Å²) in [5, 5.41) is 0. The van der Waals surface area contributed by atoms with E-state index in [4.69, 9.17) is 9.47 Å². The van der Waals surface area contributed by atoms with Crippen molar-refractivity contribution in [2.24, 2.45) is 0 Å². The molecule has 0 aliphatic heterocycles. The molecule has 2 rings (SSSR count). The monoisotopic (exact) mass is 403 g/mol. The Bertz CT molecular complexity index is 862. The third-order valence-electron chi connectivity index (χ3n) is 3.47. The van der Waals surface area contributed by atoms with E-state index in [1.165, 1.54) is 27.0 Å². The molecule has 1 aromatic heterocycles. The van der Waals surface area contributed by atoms with Crippen molar-refractivity contribution >= 4 is 5.97 Å². The van der Waals surface area contributed by atoms with Crippen LogP contribution in [0.4, 0.5) is 17.6 Å². The molecule has 2 aromatic rings. The van der Waals surface area contributed by atoms with E-state index in [1.807, 2.05) is 0 Å². The number of rotatable bonds is 6. The van der Waals surface area contributed by atoms with E-state index in [0.29, 0.717) is 0 Å². The van der Waals surface area contributed by atoms with Gasteiger partial charge in [0.15, 0.2) is 11.5 Å². The highest BCUT2D eigenvalue weighted by atomic mass is 19.4. The van der Waals surface area contributed by atoms with Crippen LogP contribution in [0.25, 0.3) is 0 Å². The average Bonchev–Trinajstić information content (AvgIpc) is 2.60. The van der Waals surface area contributed by atoms with E-state index in [1.54, 1.807) is 0 Å². The van der Waals surface area contributed by atoms with Crippen molar-refractivity contribution < 1.29 is 41.3 Å². The number of carbonyl (C=O) groups is 1. The molecule has 10 heteroatoms. The summed E-state index contributed by atoms with van der Waals surface area (Å²) in [6.45, 7) is 2.53. The second kappa shape index (κ2) is 7.91. The second-order valence-corrected chi connectivity index (χ2v) is 5.99. The van der Waals surface area contributed by atoms with Gasteiger partial charge in [-0.25, -0.2) is 9.18 Å². The molecule has 0 atom stereocenters. The lowest BCUT2D eigenvalue weighted by molar-refractivity contribution is -0.274. The normalized spacial score (nSPS) is 11.7. The zero-order valence-electron chi connectivity index (χ0n) is 15.4. The van der Waals surface area contributed by atoms with E-state index in [0.717, 1.165) is 31.5 Å². The lowest BCUT2D eigenvalue weighted by Crippen LogP contribution is -2.17. The summed E-state index contributed by atoms with van der Waals surface area (Å²) in [5.41, 5.74) is -1.96. The van der Waals surface area contributed by atoms with Gasteiger partial charge >= 0.3 is 12.3 Å². The van der Waals surface area contributed by atoms with Gasteiger partial charge in [-0.2, -0.15) is 0 Å². The molecule has 0 radical (unpaired) electrons. The number of pyridine rings is 1. The summed E-state index contributed by atoms with van der Waals surface area (Å²) >= 11 is 0. The van der Waals surface area contributed by atoms with Gasteiger partial charge in [0.25, 0.3) is 0 Å². The maximum absolute atomic E-state index is 14.2. The van der Waals surface area contributed by atoms with Crippen LogP contribution in [-0.4, -0.2) is 31.5 Å². The second-order valence-electron chi connectivity index (χ2n) is 5.99. The van der Waals surface area contributed by atoms with Gasteiger partial charge in [0.1, 0.15) is 22.7 Å². The molecule has 0 amide bonds. The first kappa shape index (κ1) is 21.3. The molecule has 152 valence electrons. The Hall–Kier alpha value is -3.04. The number of carbonyl (C=O) groups excluding carboxylic acids is 1. The summed E-state index contributed by atoms with van der Waals surface area (Å²) in [4.78, 5) is 15.8. The summed E-state index contributed by atoms with van der Waals surface area (Å²) in [7, 11) is 2.35. The van der Waals surface area contributed by atoms with Gasteiger partial charge in [-0.1, -0.05) is 0 Å². The van der Waals surface area contributed by atoms with E-state index in [9.17, 15) is 22.4 Å². The molecule has 0 N–H and O–H groups in total. The highest BCUT2D eigenvalue weighted by Gasteiger charge is 2.31. The fourth-order valence-electron chi connectivity index (χ4n) is 2.16. The molecule has 1 aromatic carbocycles. The van der Waals surface area contributed by atoms with Crippen LogP contribution in [0.15, 0.2) is 30.5 Å². The summed E-state index contributed by atoms with van der Waals surface area (Å²) in [6.07, 6.45) is -3.79. The smallest absolute Gasteiger partial charge is 0.493 e. The number of hydrogen-bond acceptors (Lipinski definition) is 6. The zero-order valence-corrected chi connectivity index (χ0v) is 15.4. The molecule has 0 aliphatic rings. The molecule has 0 spiro atoms. The van der Waals surface area contributed by atoms with E-state index in [-0.39, 0.29) is 28.5 Å². The molecule has 0 unspecified atom stereocenters. The lowest BCUT2D eigenvalue weighted by atomic mass is 10.1. The first-order valence-electron chi connectivity index (χ1n) is 7.84. The van der Waals surface area contributed by atoms with Gasteiger partial charge in [0.2, 0.25) is 0 Å². The van der Waals surface area contributed by atoms with Crippen molar-refractivity contribution in [1.82, 2.24) is 4.98 Å².